The third-order valence-electron chi connectivity index (χ3n) is 3.77. The van der Waals surface area contributed by atoms with E-state index in [0.717, 1.165) is 5.69 Å². The molecule has 0 saturated carbocycles. The van der Waals surface area contributed by atoms with E-state index in [1.165, 1.54) is 0 Å². The number of hydrogen-bond acceptors (Lipinski definition) is 4. The van der Waals surface area contributed by atoms with Gasteiger partial charge in [-0.15, -0.1) is 0 Å². The van der Waals surface area contributed by atoms with Gasteiger partial charge in [0.05, 0.1) is 18.1 Å². The molecule has 4 rings (SSSR count). The van der Waals surface area contributed by atoms with Crippen molar-refractivity contribution in [2.45, 2.75) is 6.04 Å². The normalized spacial score (nSPS) is 14.8. The fourth-order valence-corrected chi connectivity index (χ4v) is 2.57. The van der Waals surface area contributed by atoms with Crippen molar-refractivity contribution in [1.29, 1.82) is 0 Å². The van der Waals surface area contributed by atoms with Crippen molar-refractivity contribution < 1.29 is 4.79 Å². The summed E-state index contributed by atoms with van der Waals surface area (Å²) in [5, 5.41) is 12.4. The number of carbonyl (C=O) groups excluding carboxylic acids is 1. The van der Waals surface area contributed by atoms with Crippen LogP contribution in [0.1, 0.15) is 16.4 Å². The summed E-state index contributed by atoms with van der Waals surface area (Å²) in [6.45, 7) is 1.28. The number of hydrogen-bond donors (Lipinski definition) is 0. The molecule has 3 aromatic rings. The molecule has 0 aliphatic carbocycles. The summed E-state index contributed by atoms with van der Waals surface area (Å²) < 4.78 is 1.74. The molecule has 1 aliphatic rings. The van der Waals surface area contributed by atoms with Gasteiger partial charge in [0, 0.05) is 31.0 Å². The maximum absolute atomic E-state index is 12.5. The number of benzene rings is 1. The number of rotatable bonds is 3. The molecule has 3 heterocycles. The smallest absolute Gasteiger partial charge is 0.254 e. The molecule has 0 bridgehead atoms. The molecular formula is C15H14N6O. The van der Waals surface area contributed by atoms with E-state index in [-0.39, 0.29) is 11.9 Å². The molecular weight excluding hydrogens is 280 g/mol. The van der Waals surface area contributed by atoms with Gasteiger partial charge in [0.1, 0.15) is 6.04 Å². The highest BCUT2D eigenvalue weighted by molar-refractivity contribution is 5.95. The molecule has 1 saturated heterocycles. The van der Waals surface area contributed by atoms with E-state index in [1.807, 2.05) is 36.5 Å². The van der Waals surface area contributed by atoms with Crippen molar-refractivity contribution in [1.82, 2.24) is 29.7 Å². The van der Waals surface area contributed by atoms with Gasteiger partial charge in [0.2, 0.25) is 0 Å². The molecule has 2 aromatic heterocycles. The highest BCUT2D eigenvalue weighted by atomic mass is 16.2. The van der Waals surface area contributed by atoms with Crippen molar-refractivity contribution in [2.24, 2.45) is 0 Å². The summed E-state index contributed by atoms with van der Waals surface area (Å²) in [5.74, 6) is 0.0254. The van der Waals surface area contributed by atoms with E-state index >= 15 is 0 Å². The van der Waals surface area contributed by atoms with Crippen LogP contribution in [-0.4, -0.2) is 48.7 Å². The molecule has 1 amide bonds. The summed E-state index contributed by atoms with van der Waals surface area (Å²) in [6.07, 6.45) is 6.87. The predicted molar refractivity (Wildman–Crippen MR) is 78.5 cm³/mol. The Balaban J connectivity index is 1.49. The van der Waals surface area contributed by atoms with Gasteiger partial charge < -0.3 is 4.90 Å². The Kier molecular flexibility index (Phi) is 2.96. The van der Waals surface area contributed by atoms with Crippen LogP contribution in [0.4, 0.5) is 0 Å². The van der Waals surface area contributed by atoms with Crippen LogP contribution in [0.5, 0.6) is 0 Å². The lowest BCUT2D eigenvalue weighted by molar-refractivity contribution is 0.0476. The largest absolute Gasteiger partial charge is 0.334 e. The molecule has 1 aromatic carbocycles. The number of nitrogens with zero attached hydrogens (tertiary/aromatic N) is 6. The van der Waals surface area contributed by atoms with Crippen LogP contribution in [0, 0.1) is 0 Å². The van der Waals surface area contributed by atoms with Crippen LogP contribution >= 0.6 is 0 Å². The number of amides is 1. The number of carbonyl (C=O) groups is 1. The first kappa shape index (κ1) is 12.8. The van der Waals surface area contributed by atoms with E-state index in [4.69, 9.17) is 0 Å². The van der Waals surface area contributed by atoms with Crippen molar-refractivity contribution >= 4 is 5.91 Å². The van der Waals surface area contributed by atoms with Crippen molar-refractivity contribution in [3.63, 3.8) is 0 Å². The highest BCUT2D eigenvalue weighted by Crippen LogP contribution is 2.22. The van der Waals surface area contributed by atoms with Gasteiger partial charge in [-0.25, -0.2) is 4.68 Å². The fourth-order valence-electron chi connectivity index (χ4n) is 2.57. The first-order valence-electron chi connectivity index (χ1n) is 7.06. The lowest BCUT2D eigenvalue weighted by Crippen LogP contribution is -2.51. The molecule has 7 heteroatoms. The molecule has 0 radical (unpaired) electrons. The fraction of sp³-hybridized carbons (Fsp3) is 0.200. The minimum absolute atomic E-state index is 0.0254. The highest BCUT2D eigenvalue weighted by Gasteiger charge is 2.33. The van der Waals surface area contributed by atoms with Gasteiger partial charge >= 0.3 is 0 Å². The van der Waals surface area contributed by atoms with Crippen molar-refractivity contribution in [3.05, 3.63) is 60.7 Å². The van der Waals surface area contributed by atoms with Gasteiger partial charge in [-0.05, 0) is 24.3 Å². The Hall–Kier alpha value is -2.96. The summed E-state index contributed by atoms with van der Waals surface area (Å²) in [6, 6.07) is 9.51. The van der Waals surface area contributed by atoms with Gasteiger partial charge in [0.25, 0.3) is 5.91 Å². The zero-order valence-corrected chi connectivity index (χ0v) is 11.8. The maximum atomic E-state index is 12.5. The molecule has 0 unspecified atom stereocenters. The first-order valence-corrected chi connectivity index (χ1v) is 7.06. The van der Waals surface area contributed by atoms with Crippen LogP contribution in [0.15, 0.2) is 55.1 Å². The molecule has 1 fully saturated rings. The zero-order valence-electron chi connectivity index (χ0n) is 11.8. The minimum atomic E-state index is 0.0254. The maximum Gasteiger partial charge on any atom is 0.254 e. The monoisotopic (exact) mass is 294 g/mol. The molecule has 1 aliphatic heterocycles. The molecule has 7 nitrogen and oxygen atoms in total. The van der Waals surface area contributed by atoms with Crippen molar-refractivity contribution in [2.75, 3.05) is 13.1 Å². The molecule has 0 atom stereocenters. The third-order valence-corrected chi connectivity index (χ3v) is 3.77. The van der Waals surface area contributed by atoms with Crippen LogP contribution in [0.25, 0.3) is 5.69 Å². The van der Waals surface area contributed by atoms with E-state index in [1.54, 1.807) is 33.0 Å². The van der Waals surface area contributed by atoms with E-state index in [2.05, 4.69) is 15.3 Å². The zero-order chi connectivity index (χ0) is 14.9. The lowest BCUT2D eigenvalue weighted by Gasteiger charge is -2.38. The third kappa shape index (κ3) is 2.16. The van der Waals surface area contributed by atoms with Crippen LogP contribution < -0.4 is 0 Å². The Morgan fingerprint density at radius 3 is 2.59 bits per heavy atom. The topological polar surface area (TPSA) is 68.8 Å². The van der Waals surface area contributed by atoms with Crippen LogP contribution in [0.2, 0.25) is 0 Å². The number of likely N-dealkylation sites (tertiary alicyclic amines) is 1. The average molecular weight is 294 g/mol. The average Bonchev–Trinajstić information content (AvgIpc) is 3.19. The SMILES string of the molecule is O=C(c1cccc(-n2cccn2)c1)N1CC(n2nccn2)C1. The molecule has 0 spiro atoms. The van der Waals surface area contributed by atoms with Crippen LogP contribution in [-0.2, 0) is 0 Å². The van der Waals surface area contributed by atoms with Gasteiger partial charge in [-0.3, -0.25) is 4.79 Å². The minimum Gasteiger partial charge on any atom is -0.334 e. The van der Waals surface area contributed by atoms with Gasteiger partial charge in [0.15, 0.2) is 0 Å². The Labute approximate surface area is 126 Å². The molecule has 22 heavy (non-hydrogen) atoms. The van der Waals surface area contributed by atoms with Crippen molar-refractivity contribution in [3.8, 4) is 5.69 Å². The number of aromatic nitrogens is 5. The van der Waals surface area contributed by atoms with E-state index < -0.39 is 0 Å². The summed E-state index contributed by atoms with van der Waals surface area (Å²) >= 11 is 0. The second-order valence-electron chi connectivity index (χ2n) is 5.21. The first-order chi connectivity index (χ1) is 10.8. The Bertz CT molecular complexity index is 774. The standard InChI is InChI=1S/C15H14N6O/c22-15(19-10-14(11-19)21-17-6-7-18-21)12-3-1-4-13(9-12)20-8-2-5-16-20/h1-9,14H,10-11H2. The summed E-state index contributed by atoms with van der Waals surface area (Å²) in [7, 11) is 0. The van der Waals surface area contributed by atoms with E-state index in [9.17, 15) is 4.79 Å². The van der Waals surface area contributed by atoms with E-state index in [0.29, 0.717) is 18.7 Å². The second kappa shape index (κ2) is 5.10. The van der Waals surface area contributed by atoms with Gasteiger partial charge in [-0.2, -0.15) is 20.1 Å². The summed E-state index contributed by atoms with van der Waals surface area (Å²) in [4.78, 5) is 16.0. The quantitative estimate of drug-likeness (QED) is 0.727. The van der Waals surface area contributed by atoms with Gasteiger partial charge in [-0.1, -0.05) is 6.07 Å². The second-order valence-corrected chi connectivity index (χ2v) is 5.21. The molecule has 110 valence electrons. The Morgan fingerprint density at radius 2 is 1.86 bits per heavy atom. The van der Waals surface area contributed by atoms with Crippen LogP contribution in [0.3, 0.4) is 0 Å². The molecule has 0 N–H and O–H groups in total. The lowest BCUT2D eigenvalue weighted by atomic mass is 10.1. The predicted octanol–water partition coefficient (Wildman–Crippen LogP) is 1.16. The Morgan fingerprint density at radius 1 is 1.05 bits per heavy atom. The summed E-state index contributed by atoms with van der Waals surface area (Å²) in [5.41, 5.74) is 1.54.